The molecule has 0 amide bonds. The molecule has 15 heavy (non-hydrogen) atoms. The maximum absolute atomic E-state index is 13.1. The molecule has 0 unspecified atom stereocenters. The van der Waals surface area contributed by atoms with Gasteiger partial charge in [-0.25, -0.2) is 4.39 Å². The van der Waals surface area contributed by atoms with Crippen LogP contribution in [-0.2, 0) is 4.79 Å². The molecule has 0 fully saturated rings. The van der Waals surface area contributed by atoms with Crippen LogP contribution in [0.3, 0.4) is 0 Å². The number of hydrogen-bond acceptors (Lipinski definition) is 2. The third-order valence-corrected chi connectivity index (χ3v) is 1.63. The summed E-state index contributed by atoms with van der Waals surface area (Å²) in [5.74, 6) is 1.86. The molecule has 1 aromatic rings. The van der Waals surface area contributed by atoms with Crippen molar-refractivity contribution in [1.29, 1.82) is 0 Å². The van der Waals surface area contributed by atoms with Crippen molar-refractivity contribution >= 4 is 5.78 Å². The second kappa shape index (κ2) is 4.56. The van der Waals surface area contributed by atoms with E-state index in [-0.39, 0.29) is 17.1 Å². The molecule has 78 valence electrons. The molecule has 0 heterocycles. The van der Waals surface area contributed by atoms with E-state index in [4.69, 9.17) is 0 Å². The molecule has 0 aliphatic carbocycles. The van der Waals surface area contributed by atoms with Gasteiger partial charge in [0.1, 0.15) is 0 Å². The van der Waals surface area contributed by atoms with E-state index in [1.807, 2.05) is 0 Å². The molecule has 1 rings (SSSR count). The molecular weight excluding hydrogens is 202 g/mol. The lowest BCUT2D eigenvalue weighted by Gasteiger charge is -2.04. The van der Waals surface area contributed by atoms with Crippen molar-refractivity contribution in [2.75, 3.05) is 7.11 Å². The van der Waals surface area contributed by atoms with Crippen LogP contribution in [0.1, 0.15) is 12.5 Å². The van der Waals surface area contributed by atoms with E-state index in [1.165, 1.54) is 20.1 Å². The number of Topliss-reactive ketones (excluding diaryl/α,β-unsaturated/α-hetero) is 1. The van der Waals surface area contributed by atoms with Crippen LogP contribution >= 0.6 is 0 Å². The van der Waals surface area contributed by atoms with Gasteiger partial charge in [-0.05, 0) is 18.1 Å². The van der Waals surface area contributed by atoms with E-state index in [2.05, 4.69) is 16.6 Å². The summed E-state index contributed by atoms with van der Waals surface area (Å²) in [6.07, 6.45) is 0. The minimum absolute atomic E-state index is 0.145. The molecule has 0 aliphatic heterocycles. The largest absolute Gasteiger partial charge is 0.492 e. The van der Waals surface area contributed by atoms with E-state index in [0.29, 0.717) is 0 Å². The quantitative estimate of drug-likeness (QED) is 0.662. The van der Waals surface area contributed by atoms with Gasteiger partial charge in [0.2, 0.25) is 11.6 Å². The molecule has 1 aromatic carbocycles. The van der Waals surface area contributed by atoms with Gasteiger partial charge in [-0.15, -0.1) is 0 Å². The number of benzene rings is 1. The Hall–Kier alpha value is -1.89. The Kier molecular flexibility index (Phi) is 3.40. The van der Waals surface area contributed by atoms with Gasteiger partial charge < -0.3 is 4.74 Å². The van der Waals surface area contributed by atoms with Crippen molar-refractivity contribution in [2.24, 2.45) is 0 Å². The number of rotatable bonds is 1. The molecule has 0 spiro atoms. The van der Waals surface area contributed by atoms with Crippen molar-refractivity contribution < 1.29 is 18.3 Å². The molecule has 0 atom stereocenters. The smallest absolute Gasteiger partial charge is 0.202 e. The summed E-state index contributed by atoms with van der Waals surface area (Å²) < 4.78 is 30.6. The number of ether oxygens (including phenoxy) is 1. The van der Waals surface area contributed by atoms with Gasteiger partial charge in [0.05, 0.1) is 12.7 Å². The summed E-state index contributed by atoms with van der Waals surface area (Å²) in [5.41, 5.74) is 0.145. The standard InChI is InChI=1S/C11H8F2O2/c1-7(14)3-4-8-5-6-9(12)10(13)11(8)15-2/h5-6H,1-2H3. The number of hydrogen-bond donors (Lipinski definition) is 0. The van der Waals surface area contributed by atoms with E-state index in [1.54, 1.807) is 0 Å². The fraction of sp³-hybridized carbons (Fsp3) is 0.182. The maximum atomic E-state index is 13.1. The number of methoxy groups -OCH3 is 1. The zero-order valence-electron chi connectivity index (χ0n) is 8.23. The summed E-state index contributed by atoms with van der Waals surface area (Å²) in [6, 6.07) is 2.19. The Labute approximate surface area is 85.9 Å². The van der Waals surface area contributed by atoms with Gasteiger partial charge in [-0.2, -0.15) is 4.39 Å². The summed E-state index contributed by atoms with van der Waals surface area (Å²) in [4.78, 5) is 10.6. The van der Waals surface area contributed by atoms with Gasteiger partial charge in [-0.1, -0.05) is 5.92 Å². The Morgan fingerprint density at radius 2 is 2.07 bits per heavy atom. The lowest BCUT2D eigenvalue weighted by atomic mass is 10.2. The van der Waals surface area contributed by atoms with Crippen molar-refractivity contribution in [3.8, 4) is 17.6 Å². The molecule has 0 aromatic heterocycles. The maximum Gasteiger partial charge on any atom is 0.202 e. The van der Waals surface area contributed by atoms with Crippen LogP contribution in [0.15, 0.2) is 12.1 Å². The minimum Gasteiger partial charge on any atom is -0.492 e. The van der Waals surface area contributed by atoms with Crippen LogP contribution in [-0.4, -0.2) is 12.9 Å². The molecule has 0 bridgehead atoms. The second-order valence-electron chi connectivity index (χ2n) is 2.75. The zero-order valence-corrected chi connectivity index (χ0v) is 8.23. The summed E-state index contributed by atoms with van der Waals surface area (Å²) in [7, 11) is 1.21. The highest BCUT2D eigenvalue weighted by molar-refractivity contribution is 5.94. The van der Waals surface area contributed by atoms with Gasteiger partial charge in [0.25, 0.3) is 0 Å². The average Bonchev–Trinajstić information content (AvgIpc) is 2.19. The van der Waals surface area contributed by atoms with Crippen LogP contribution in [0.5, 0.6) is 5.75 Å². The molecule has 0 N–H and O–H groups in total. The van der Waals surface area contributed by atoms with Crippen molar-refractivity contribution in [3.05, 3.63) is 29.3 Å². The lowest BCUT2D eigenvalue weighted by Crippen LogP contribution is -1.95. The van der Waals surface area contributed by atoms with Crippen molar-refractivity contribution in [2.45, 2.75) is 6.92 Å². The number of carbonyl (C=O) groups excluding carboxylic acids is 1. The Balaban J connectivity index is 3.27. The van der Waals surface area contributed by atoms with Gasteiger partial charge in [0.15, 0.2) is 11.6 Å². The van der Waals surface area contributed by atoms with Crippen molar-refractivity contribution in [3.63, 3.8) is 0 Å². The van der Waals surface area contributed by atoms with Crippen LogP contribution in [0, 0.1) is 23.5 Å². The predicted molar refractivity (Wildman–Crippen MR) is 50.5 cm³/mol. The first-order valence-corrected chi connectivity index (χ1v) is 4.11. The molecule has 4 heteroatoms. The topological polar surface area (TPSA) is 26.3 Å². The first kappa shape index (κ1) is 11.2. The first-order chi connectivity index (χ1) is 7.06. The highest BCUT2D eigenvalue weighted by Crippen LogP contribution is 2.23. The molecule has 0 saturated heterocycles. The van der Waals surface area contributed by atoms with Crippen LogP contribution in [0.2, 0.25) is 0 Å². The Morgan fingerprint density at radius 1 is 1.40 bits per heavy atom. The minimum atomic E-state index is -1.10. The summed E-state index contributed by atoms with van der Waals surface area (Å²) in [5, 5.41) is 0. The monoisotopic (exact) mass is 210 g/mol. The lowest BCUT2D eigenvalue weighted by molar-refractivity contribution is -0.111. The fourth-order valence-corrected chi connectivity index (χ4v) is 0.985. The fourth-order valence-electron chi connectivity index (χ4n) is 0.985. The zero-order chi connectivity index (χ0) is 11.4. The Bertz CT molecular complexity index is 456. The highest BCUT2D eigenvalue weighted by Gasteiger charge is 2.12. The average molecular weight is 210 g/mol. The predicted octanol–water partition coefficient (Wildman–Crippen LogP) is 1.91. The van der Waals surface area contributed by atoms with E-state index >= 15 is 0 Å². The van der Waals surface area contributed by atoms with Gasteiger partial charge in [0, 0.05) is 6.92 Å². The highest BCUT2D eigenvalue weighted by atomic mass is 19.2. The third kappa shape index (κ3) is 2.53. The molecular formula is C11H8F2O2. The second-order valence-corrected chi connectivity index (χ2v) is 2.75. The van der Waals surface area contributed by atoms with E-state index in [9.17, 15) is 13.6 Å². The number of ketones is 1. The molecule has 0 radical (unpaired) electrons. The van der Waals surface area contributed by atoms with Crippen LogP contribution in [0.4, 0.5) is 8.78 Å². The summed E-state index contributed by atoms with van der Waals surface area (Å²) >= 11 is 0. The Morgan fingerprint density at radius 3 is 2.60 bits per heavy atom. The molecule has 2 nitrogen and oxygen atoms in total. The van der Waals surface area contributed by atoms with Crippen LogP contribution in [0.25, 0.3) is 0 Å². The first-order valence-electron chi connectivity index (χ1n) is 4.11. The van der Waals surface area contributed by atoms with Gasteiger partial charge >= 0.3 is 0 Å². The number of carbonyl (C=O) groups is 1. The van der Waals surface area contributed by atoms with E-state index in [0.717, 1.165) is 6.07 Å². The van der Waals surface area contributed by atoms with E-state index < -0.39 is 11.6 Å². The van der Waals surface area contributed by atoms with Gasteiger partial charge in [-0.3, -0.25) is 4.79 Å². The molecule has 0 saturated carbocycles. The van der Waals surface area contributed by atoms with Crippen molar-refractivity contribution in [1.82, 2.24) is 0 Å². The van der Waals surface area contributed by atoms with Crippen LogP contribution < -0.4 is 4.74 Å². The summed E-state index contributed by atoms with van der Waals surface area (Å²) in [6.45, 7) is 1.28. The third-order valence-electron chi connectivity index (χ3n) is 1.63. The molecule has 0 aliphatic rings. The number of halogens is 2. The normalized spacial score (nSPS) is 9.07. The SMILES string of the molecule is COc1c(C#CC(C)=O)ccc(F)c1F.